The lowest BCUT2D eigenvalue weighted by atomic mass is 10.0. The predicted octanol–water partition coefficient (Wildman–Crippen LogP) is 6.86. The van der Waals surface area contributed by atoms with Crippen LogP contribution in [0.5, 0.6) is 0 Å². The van der Waals surface area contributed by atoms with Crippen LogP contribution in [0.15, 0.2) is 56.5 Å². The van der Waals surface area contributed by atoms with Gasteiger partial charge < -0.3 is 31.2 Å². The highest BCUT2D eigenvalue weighted by molar-refractivity contribution is 9.10. The summed E-state index contributed by atoms with van der Waals surface area (Å²) in [4.78, 5) is 54.8. The van der Waals surface area contributed by atoms with E-state index in [9.17, 15) is 19.2 Å². The molecule has 2 amide bonds. The Kier molecular flexibility index (Phi) is 13.6. The van der Waals surface area contributed by atoms with E-state index in [-0.39, 0.29) is 48.1 Å². The van der Waals surface area contributed by atoms with Crippen LogP contribution in [0.4, 0.5) is 11.4 Å². The molecule has 2 aromatic carbocycles. The topological polar surface area (TPSA) is 148 Å². The molecule has 49 heavy (non-hydrogen) atoms. The Morgan fingerprint density at radius 2 is 1.10 bits per heavy atom. The Labute approximate surface area is 297 Å². The third kappa shape index (κ3) is 10.7. The summed E-state index contributed by atoms with van der Waals surface area (Å²) in [5, 5.41) is 12.4. The number of aromatic nitrogens is 2. The second-order valence-electron chi connectivity index (χ2n) is 13.0. The Morgan fingerprint density at radius 1 is 0.653 bits per heavy atom. The summed E-state index contributed by atoms with van der Waals surface area (Å²) < 4.78 is 0.829. The Balaban J connectivity index is 0.000000266. The molecule has 0 unspecified atom stereocenters. The molecule has 0 aliphatic rings. The van der Waals surface area contributed by atoms with E-state index in [1.165, 1.54) is 0 Å². The Bertz CT molecular complexity index is 1940. The maximum Gasteiger partial charge on any atom is 0.253 e. The fraction of sp³-hybridized carbons (Fsp3) is 0.368. The van der Waals surface area contributed by atoms with Gasteiger partial charge in [-0.25, -0.2) is 0 Å². The van der Waals surface area contributed by atoms with Crippen molar-refractivity contribution in [2.75, 3.05) is 10.6 Å². The minimum absolute atomic E-state index is 0.153. The quantitative estimate of drug-likeness (QED) is 0.105. The first-order chi connectivity index (χ1) is 23.0. The van der Waals surface area contributed by atoms with Crippen LogP contribution in [0.3, 0.4) is 0 Å². The third-order valence-electron chi connectivity index (χ3n) is 7.92. The Morgan fingerprint density at radius 3 is 1.57 bits per heavy atom. The van der Waals surface area contributed by atoms with E-state index in [2.05, 4.69) is 61.0 Å². The molecule has 2 aromatic heterocycles. The Hall–Kier alpha value is -4.64. The lowest BCUT2D eigenvalue weighted by Crippen LogP contribution is -2.28. The van der Waals surface area contributed by atoms with Crippen molar-refractivity contribution < 1.29 is 9.59 Å². The fourth-order valence-corrected chi connectivity index (χ4v) is 5.91. The van der Waals surface area contributed by atoms with Gasteiger partial charge in [-0.15, -0.1) is 0 Å². The van der Waals surface area contributed by atoms with Gasteiger partial charge in [0.25, 0.3) is 22.9 Å². The van der Waals surface area contributed by atoms with Crippen molar-refractivity contribution in [3.8, 4) is 0 Å². The molecule has 0 atom stereocenters. The number of aryl methyl sites for hydroxylation is 4. The maximum absolute atomic E-state index is 12.6. The van der Waals surface area contributed by atoms with Crippen molar-refractivity contribution in [2.24, 2.45) is 0 Å². The minimum atomic E-state index is -0.204. The summed E-state index contributed by atoms with van der Waals surface area (Å²) in [5.41, 5.74) is 9.06. The standard InChI is InChI=1S/C19H24BrN3O2.C19H25N3O2/c1-10(2)22-17-8-14(20)7-15(13(17)5)18(24)21-9-16-11(3)6-12(4)23-19(16)25;1-11(2)21-17-8-6-7-15(14(17)5)18(23)20-10-16-12(3)9-13(4)22-19(16)24/h6-8,10,22H,9H2,1-5H3,(H,21,24)(H,23,25);6-9,11,21H,10H2,1-5H3,(H,20,23)(H,22,24). The van der Waals surface area contributed by atoms with Crippen LogP contribution in [0.25, 0.3) is 0 Å². The number of carbonyl (C=O) groups is 2. The largest absolute Gasteiger partial charge is 0.383 e. The van der Waals surface area contributed by atoms with E-state index >= 15 is 0 Å². The second kappa shape index (κ2) is 17.1. The summed E-state index contributed by atoms with van der Waals surface area (Å²) >= 11 is 3.46. The number of halogens is 1. The summed E-state index contributed by atoms with van der Waals surface area (Å²) in [6.45, 7) is 19.9. The number of pyridine rings is 2. The number of H-pyrrole nitrogens is 2. The normalized spacial score (nSPS) is 10.8. The van der Waals surface area contributed by atoms with Crippen molar-refractivity contribution in [1.82, 2.24) is 20.6 Å². The molecule has 0 fully saturated rings. The van der Waals surface area contributed by atoms with E-state index in [1.807, 2.05) is 85.7 Å². The molecule has 0 saturated carbocycles. The number of benzene rings is 2. The fourth-order valence-electron chi connectivity index (χ4n) is 5.46. The van der Waals surface area contributed by atoms with Crippen molar-refractivity contribution in [3.05, 3.63) is 124 Å². The zero-order valence-corrected chi connectivity index (χ0v) is 31.7. The van der Waals surface area contributed by atoms with Gasteiger partial charge in [0.05, 0.1) is 0 Å². The van der Waals surface area contributed by atoms with Gasteiger partial charge in [0, 0.05) is 74.7 Å². The lowest BCUT2D eigenvalue weighted by molar-refractivity contribution is 0.0942. The van der Waals surface area contributed by atoms with Gasteiger partial charge in [-0.3, -0.25) is 19.2 Å². The molecule has 0 spiro atoms. The maximum atomic E-state index is 12.6. The zero-order chi connectivity index (χ0) is 36.6. The number of carbonyl (C=O) groups excluding carboxylic acids is 2. The van der Waals surface area contributed by atoms with Gasteiger partial charge in [-0.2, -0.15) is 0 Å². The van der Waals surface area contributed by atoms with Crippen LogP contribution < -0.4 is 32.4 Å². The molecular weight excluding hydrogens is 684 g/mol. The molecule has 4 rings (SSSR count). The van der Waals surface area contributed by atoms with Crippen molar-refractivity contribution in [1.29, 1.82) is 0 Å². The van der Waals surface area contributed by atoms with E-state index < -0.39 is 0 Å². The molecule has 4 aromatic rings. The molecule has 0 radical (unpaired) electrons. The summed E-state index contributed by atoms with van der Waals surface area (Å²) in [5.74, 6) is -0.385. The van der Waals surface area contributed by atoms with Crippen LogP contribution in [-0.4, -0.2) is 33.9 Å². The highest BCUT2D eigenvalue weighted by atomic mass is 79.9. The van der Waals surface area contributed by atoms with Gasteiger partial charge in [-0.05, 0) is 128 Å². The summed E-state index contributed by atoms with van der Waals surface area (Å²) in [6, 6.07) is 13.7. The molecule has 0 aliphatic carbocycles. The SMILES string of the molecule is Cc1cc(C)c(CNC(=O)c2cc(Br)cc(NC(C)C)c2C)c(=O)[nH]1.Cc1cc(C)c(CNC(=O)c2cccc(NC(C)C)c2C)c(=O)[nH]1. The van der Waals surface area contributed by atoms with E-state index in [0.29, 0.717) is 22.3 Å². The third-order valence-corrected chi connectivity index (χ3v) is 8.38. The minimum Gasteiger partial charge on any atom is -0.383 e. The first-order valence-electron chi connectivity index (χ1n) is 16.4. The van der Waals surface area contributed by atoms with Crippen LogP contribution in [0.1, 0.15) is 93.2 Å². The zero-order valence-electron chi connectivity index (χ0n) is 30.1. The average Bonchev–Trinajstić information content (AvgIpc) is 2.98. The van der Waals surface area contributed by atoms with E-state index in [4.69, 9.17) is 0 Å². The van der Waals surface area contributed by atoms with Crippen LogP contribution in [-0.2, 0) is 13.1 Å². The molecule has 0 bridgehead atoms. The molecule has 6 N–H and O–H groups in total. The second-order valence-corrected chi connectivity index (χ2v) is 13.9. The predicted molar refractivity (Wildman–Crippen MR) is 203 cm³/mol. The molecule has 0 saturated heterocycles. The molecule has 10 nitrogen and oxygen atoms in total. The number of anilines is 2. The van der Waals surface area contributed by atoms with Gasteiger partial charge in [0.2, 0.25) is 0 Å². The molecule has 11 heteroatoms. The van der Waals surface area contributed by atoms with Crippen LogP contribution >= 0.6 is 15.9 Å². The van der Waals surface area contributed by atoms with Gasteiger partial charge >= 0.3 is 0 Å². The number of nitrogens with one attached hydrogen (secondary N) is 6. The van der Waals surface area contributed by atoms with Gasteiger partial charge in [0.15, 0.2) is 0 Å². The lowest BCUT2D eigenvalue weighted by Gasteiger charge is -2.17. The van der Waals surface area contributed by atoms with Crippen LogP contribution in [0, 0.1) is 41.5 Å². The average molecular weight is 734 g/mol. The first-order valence-corrected chi connectivity index (χ1v) is 17.2. The number of amides is 2. The molecular formula is C38H49BrN6O4. The number of hydrogen-bond donors (Lipinski definition) is 6. The monoisotopic (exact) mass is 732 g/mol. The van der Waals surface area contributed by atoms with E-state index in [0.717, 1.165) is 49.5 Å². The number of hydrogen-bond acceptors (Lipinski definition) is 6. The van der Waals surface area contributed by atoms with Gasteiger partial charge in [-0.1, -0.05) is 22.0 Å². The van der Waals surface area contributed by atoms with Gasteiger partial charge in [0.1, 0.15) is 0 Å². The summed E-state index contributed by atoms with van der Waals surface area (Å²) in [7, 11) is 0. The highest BCUT2D eigenvalue weighted by Gasteiger charge is 2.16. The highest BCUT2D eigenvalue weighted by Crippen LogP contribution is 2.26. The summed E-state index contributed by atoms with van der Waals surface area (Å²) in [6.07, 6.45) is 0. The molecule has 0 aliphatic heterocycles. The number of rotatable bonds is 10. The first kappa shape index (κ1) is 38.8. The van der Waals surface area contributed by atoms with E-state index in [1.54, 1.807) is 12.1 Å². The molecule has 2 heterocycles. The van der Waals surface area contributed by atoms with Crippen molar-refractivity contribution >= 4 is 39.1 Å². The molecule has 262 valence electrons. The van der Waals surface area contributed by atoms with Crippen molar-refractivity contribution in [2.45, 2.75) is 94.4 Å². The smallest absolute Gasteiger partial charge is 0.253 e. The number of aromatic amines is 2. The van der Waals surface area contributed by atoms with Crippen LogP contribution in [0.2, 0.25) is 0 Å². The van der Waals surface area contributed by atoms with Crippen molar-refractivity contribution in [3.63, 3.8) is 0 Å².